The van der Waals surface area contributed by atoms with E-state index < -0.39 is 0 Å². The number of Topliss-reactive ketones (excluding diaryl/α,β-unsaturated/α-hetero) is 1. The number of hydrogen-bond donors (Lipinski definition) is 0. The normalized spacial score (nSPS) is 10.7. The summed E-state index contributed by atoms with van der Waals surface area (Å²) in [4.78, 5) is 21.8. The van der Waals surface area contributed by atoms with Crippen molar-refractivity contribution in [3.63, 3.8) is 0 Å². The predicted octanol–water partition coefficient (Wildman–Crippen LogP) is 10.4. The molecule has 0 spiro atoms. The van der Waals surface area contributed by atoms with Crippen molar-refractivity contribution >= 4 is 66.5 Å². The number of ether oxygens (including phenoxy) is 3. The summed E-state index contributed by atoms with van der Waals surface area (Å²) in [5.74, 6) is 2.74. The van der Waals surface area contributed by atoms with Crippen LogP contribution < -0.4 is 0 Å². The second-order valence-electron chi connectivity index (χ2n) is 10.9. The third kappa shape index (κ3) is 12.5. The summed E-state index contributed by atoms with van der Waals surface area (Å²) in [5, 5.41) is 3.18. The summed E-state index contributed by atoms with van der Waals surface area (Å²) in [6.45, 7) is 10.6. The zero-order chi connectivity index (χ0) is 35.8. The molecule has 0 saturated carbocycles. The summed E-state index contributed by atoms with van der Waals surface area (Å²) in [6, 6.07) is 23.7. The van der Waals surface area contributed by atoms with E-state index in [1.807, 2.05) is 66.7 Å². The highest BCUT2D eigenvalue weighted by atomic mass is 79.9. The Labute approximate surface area is 295 Å². The fraction of sp³-hybridized carbons (Fsp3) is 0.250. The van der Waals surface area contributed by atoms with Crippen LogP contribution in [0, 0.1) is 0 Å². The van der Waals surface area contributed by atoms with Crippen LogP contribution in [0.4, 0.5) is 0 Å². The van der Waals surface area contributed by atoms with Crippen LogP contribution in [0.25, 0.3) is 39.0 Å². The van der Waals surface area contributed by atoms with Gasteiger partial charge in [-0.3, -0.25) is 4.79 Å². The van der Waals surface area contributed by atoms with Crippen LogP contribution in [0.2, 0.25) is 0 Å². The Hall–Kier alpha value is -4.54. The number of aryl methyl sites for hydroxylation is 1. The van der Waals surface area contributed by atoms with Crippen LogP contribution in [0.1, 0.15) is 48.7 Å². The van der Waals surface area contributed by atoms with Crippen LogP contribution in [0.15, 0.2) is 110 Å². The zero-order valence-electron chi connectivity index (χ0n) is 28.7. The van der Waals surface area contributed by atoms with E-state index >= 15 is 0 Å². The summed E-state index contributed by atoms with van der Waals surface area (Å²) in [5.41, 5.74) is 4.74. The molecule has 0 aliphatic heterocycles. The lowest BCUT2D eigenvalue weighted by Gasteiger charge is -1.98. The molecule has 0 atom stereocenters. The molecule has 8 nitrogen and oxygen atoms in total. The van der Waals surface area contributed by atoms with Gasteiger partial charge in [0.25, 0.3) is 0 Å². The van der Waals surface area contributed by atoms with Crippen molar-refractivity contribution in [3.05, 3.63) is 125 Å². The lowest BCUT2D eigenvalue weighted by molar-refractivity contribution is -0.117. The SMILES string of the molecule is C=C.COCc1cc2cc(/C=C/C(C)=O)ccc2o1.COCc1cc2cc(Br)ccc2o1.COCc1cc2cc(CCC(C)=O)ccc2o1. The smallest absolute Gasteiger partial charge is 0.152 e. The van der Waals surface area contributed by atoms with Crippen molar-refractivity contribution in [2.24, 2.45) is 0 Å². The number of benzene rings is 3. The minimum Gasteiger partial charge on any atom is -0.459 e. The third-order valence-electron chi connectivity index (χ3n) is 6.89. The van der Waals surface area contributed by atoms with E-state index in [4.69, 9.17) is 27.5 Å². The predicted molar refractivity (Wildman–Crippen MR) is 198 cm³/mol. The Morgan fingerprint density at radius 3 is 1.63 bits per heavy atom. The maximum Gasteiger partial charge on any atom is 0.152 e. The molecule has 0 aliphatic rings. The fourth-order valence-electron chi connectivity index (χ4n) is 4.77. The number of fused-ring (bicyclic) bond motifs is 3. The minimum absolute atomic E-state index is 0.0392. The maximum atomic E-state index is 10.9. The van der Waals surface area contributed by atoms with Crippen LogP contribution in [-0.2, 0) is 50.0 Å². The lowest BCUT2D eigenvalue weighted by atomic mass is 10.1. The highest BCUT2D eigenvalue weighted by molar-refractivity contribution is 9.10. The largest absolute Gasteiger partial charge is 0.459 e. The van der Waals surface area contributed by atoms with Gasteiger partial charge in [-0.05, 0) is 98.1 Å². The molecular formula is C40H43BrO8. The standard InChI is InChI=1S/C14H16O3.C14H14O3.C10H9BrO2.C2H4/c2*1-10(15)3-4-11-5-6-14-12(7-11)8-13(17-14)9-16-2;1-12-6-9-5-7-4-8(11)2-3-10(7)13-9;1-2/h5-8H,3-4,9H2,1-2H3;3-8H,9H2,1-2H3;2-5H,6H2,1H3;1-2H2/b;4-3+;;. The molecule has 0 bridgehead atoms. The molecular weight excluding hydrogens is 688 g/mol. The molecule has 3 heterocycles. The van der Waals surface area contributed by atoms with Crippen molar-refractivity contribution in [2.45, 2.75) is 46.5 Å². The van der Waals surface area contributed by atoms with Gasteiger partial charge in [-0.1, -0.05) is 34.1 Å². The number of methoxy groups -OCH3 is 3. The Morgan fingerprint density at radius 1 is 0.673 bits per heavy atom. The van der Waals surface area contributed by atoms with Gasteiger partial charge in [0, 0.05) is 48.4 Å². The van der Waals surface area contributed by atoms with Crippen LogP contribution in [0.3, 0.4) is 0 Å². The molecule has 9 heteroatoms. The topological polar surface area (TPSA) is 101 Å². The van der Waals surface area contributed by atoms with Crippen molar-refractivity contribution in [2.75, 3.05) is 21.3 Å². The molecule has 0 radical (unpaired) electrons. The number of ketones is 2. The molecule has 6 aromatic rings. The van der Waals surface area contributed by atoms with Gasteiger partial charge in [-0.2, -0.15) is 0 Å². The van der Waals surface area contributed by atoms with Gasteiger partial charge in [-0.25, -0.2) is 0 Å². The van der Waals surface area contributed by atoms with Crippen molar-refractivity contribution < 1.29 is 37.1 Å². The number of carbonyl (C=O) groups excluding carboxylic acids is 2. The molecule has 3 aromatic carbocycles. The fourth-order valence-corrected chi connectivity index (χ4v) is 5.15. The van der Waals surface area contributed by atoms with Crippen LogP contribution in [0.5, 0.6) is 0 Å². The average molecular weight is 732 g/mol. The van der Waals surface area contributed by atoms with Gasteiger partial charge < -0.3 is 32.3 Å². The monoisotopic (exact) mass is 730 g/mol. The van der Waals surface area contributed by atoms with Gasteiger partial charge in [-0.15, -0.1) is 13.2 Å². The molecule has 6 rings (SSSR count). The van der Waals surface area contributed by atoms with E-state index in [1.165, 1.54) is 6.92 Å². The Bertz CT molecular complexity index is 1980. The Morgan fingerprint density at radius 2 is 1.14 bits per heavy atom. The molecule has 0 N–H and O–H groups in total. The molecule has 0 amide bonds. The number of furan rings is 3. The highest BCUT2D eigenvalue weighted by Gasteiger charge is 2.06. The van der Waals surface area contributed by atoms with Gasteiger partial charge >= 0.3 is 0 Å². The van der Waals surface area contributed by atoms with E-state index in [9.17, 15) is 9.59 Å². The zero-order valence-corrected chi connectivity index (χ0v) is 30.3. The van der Waals surface area contributed by atoms with Crippen molar-refractivity contribution in [1.29, 1.82) is 0 Å². The van der Waals surface area contributed by atoms with Crippen LogP contribution >= 0.6 is 15.9 Å². The summed E-state index contributed by atoms with van der Waals surface area (Å²) in [7, 11) is 4.93. The number of rotatable bonds is 11. The molecule has 0 unspecified atom stereocenters. The van der Waals surface area contributed by atoms with Crippen molar-refractivity contribution in [1.82, 2.24) is 0 Å². The first-order chi connectivity index (χ1) is 23.7. The van der Waals surface area contributed by atoms with E-state index in [2.05, 4.69) is 35.2 Å². The molecule has 0 fully saturated rings. The maximum absolute atomic E-state index is 10.9. The Balaban J connectivity index is 0.000000196. The molecule has 3 aromatic heterocycles. The molecule has 49 heavy (non-hydrogen) atoms. The van der Waals surface area contributed by atoms with Gasteiger partial charge in [0.15, 0.2) is 5.78 Å². The summed E-state index contributed by atoms with van der Waals surface area (Å²) in [6.07, 6.45) is 4.73. The first kappa shape index (κ1) is 38.9. The number of carbonyl (C=O) groups is 2. The minimum atomic E-state index is 0.0392. The van der Waals surface area contributed by atoms with E-state index in [0.29, 0.717) is 26.2 Å². The van der Waals surface area contributed by atoms with E-state index in [1.54, 1.807) is 40.4 Å². The lowest BCUT2D eigenvalue weighted by Crippen LogP contribution is -1.93. The van der Waals surface area contributed by atoms with E-state index in [-0.39, 0.29) is 11.6 Å². The number of allylic oxidation sites excluding steroid dienone is 1. The molecule has 0 aliphatic carbocycles. The first-order valence-corrected chi connectivity index (χ1v) is 16.3. The quantitative estimate of drug-likeness (QED) is 0.0959. The van der Waals surface area contributed by atoms with Gasteiger partial charge in [0.2, 0.25) is 0 Å². The van der Waals surface area contributed by atoms with Crippen molar-refractivity contribution in [3.8, 4) is 0 Å². The Kier molecular flexibility index (Phi) is 15.9. The first-order valence-electron chi connectivity index (χ1n) is 15.5. The number of halogens is 1. The second kappa shape index (κ2) is 20.1. The molecule has 258 valence electrons. The second-order valence-corrected chi connectivity index (χ2v) is 11.9. The van der Waals surface area contributed by atoms with Crippen LogP contribution in [-0.4, -0.2) is 32.9 Å². The molecule has 0 saturated heterocycles. The third-order valence-corrected chi connectivity index (χ3v) is 7.38. The highest BCUT2D eigenvalue weighted by Crippen LogP contribution is 2.24. The average Bonchev–Trinajstić information content (AvgIpc) is 3.80. The summed E-state index contributed by atoms with van der Waals surface area (Å²) >= 11 is 3.41. The summed E-state index contributed by atoms with van der Waals surface area (Å²) < 4.78 is 32.8. The van der Waals surface area contributed by atoms with Gasteiger partial charge in [0.05, 0.1) is 0 Å². The van der Waals surface area contributed by atoms with E-state index in [0.717, 1.165) is 72.2 Å². The van der Waals surface area contributed by atoms with Gasteiger partial charge in [0.1, 0.15) is 59.6 Å². The number of hydrogen-bond acceptors (Lipinski definition) is 8.